The zero-order chi connectivity index (χ0) is 18.3. The minimum Gasteiger partial charge on any atom is -0.492 e. The van der Waals surface area contributed by atoms with Crippen molar-refractivity contribution in [1.29, 1.82) is 0 Å². The predicted molar refractivity (Wildman–Crippen MR) is 94.7 cm³/mol. The Morgan fingerprint density at radius 3 is 2.50 bits per heavy atom. The molecular formula is C17H23Cl2NO4. The van der Waals surface area contributed by atoms with E-state index in [0.29, 0.717) is 28.8 Å². The van der Waals surface area contributed by atoms with E-state index in [1.165, 1.54) is 4.90 Å². The molecule has 1 amide bonds. The van der Waals surface area contributed by atoms with E-state index in [1.807, 2.05) is 0 Å². The third-order valence-corrected chi connectivity index (χ3v) is 4.20. The predicted octanol–water partition coefficient (Wildman–Crippen LogP) is 3.95. The van der Waals surface area contributed by atoms with Crippen molar-refractivity contribution in [3.8, 4) is 5.75 Å². The Hall–Kier alpha value is -1.46. The number of nitrogens with zero attached hydrogens (tertiary/aromatic N) is 1. The van der Waals surface area contributed by atoms with Gasteiger partial charge in [-0.25, -0.2) is 4.79 Å². The van der Waals surface area contributed by atoms with Gasteiger partial charge in [-0.3, -0.25) is 4.79 Å². The van der Waals surface area contributed by atoms with Gasteiger partial charge in [0.05, 0.1) is 18.2 Å². The first-order valence-electron chi connectivity index (χ1n) is 7.71. The van der Waals surface area contributed by atoms with Crippen molar-refractivity contribution in [2.45, 2.75) is 39.2 Å². The number of carbonyl (C=O) groups excluding carboxylic acids is 2. The van der Waals surface area contributed by atoms with Crippen molar-refractivity contribution in [3.63, 3.8) is 0 Å². The SMILES string of the molecule is CCOC(=O)C(C)(C)N(C)C(=O)CCCOc1ccc(Cl)cc1Cl. The molecule has 0 aliphatic heterocycles. The molecule has 0 heterocycles. The zero-order valence-corrected chi connectivity index (χ0v) is 15.9. The van der Waals surface area contributed by atoms with E-state index in [4.69, 9.17) is 32.7 Å². The first-order valence-corrected chi connectivity index (χ1v) is 8.47. The van der Waals surface area contributed by atoms with E-state index < -0.39 is 11.5 Å². The molecule has 134 valence electrons. The number of benzene rings is 1. The fourth-order valence-electron chi connectivity index (χ4n) is 1.92. The lowest BCUT2D eigenvalue weighted by molar-refractivity contribution is -0.160. The largest absolute Gasteiger partial charge is 0.492 e. The number of esters is 1. The Balaban J connectivity index is 2.46. The van der Waals surface area contributed by atoms with E-state index in [-0.39, 0.29) is 18.9 Å². The number of ether oxygens (including phenoxy) is 2. The Morgan fingerprint density at radius 1 is 1.25 bits per heavy atom. The summed E-state index contributed by atoms with van der Waals surface area (Å²) in [5, 5.41) is 0.958. The third kappa shape index (κ3) is 5.56. The molecule has 0 fully saturated rings. The third-order valence-electron chi connectivity index (χ3n) is 3.67. The fraction of sp³-hybridized carbons (Fsp3) is 0.529. The van der Waals surface area contributed by atoms with Crippen molar-refractivity contribution >= 4 is 35.1 Å². The number of hydrogen-bond donors (Lipinski definition) is 0. The van der Waals surface area contributed by atoms with Crippen LogP contribution >= 0.6 is 23.2 Å². The molecule has 24 heavy (non-hydrogen) atoms. The second kappa shape index (κ2) is 9.14. The summed E-state index contributed by atoms with van der Waals surface area (Å²) in [6, 6.07) is 4.96. The summed E-state index contributed by atoms with van der Waals surface area (Å²) in [4.78, 5) is 25.6. The summed E-state index contributed by atoms with van der Waals surface area (Å²) in [5.74, 6) is -0.0578. The number of likely N-dealkylation sites (N-methyl/N-ethyl adjacent to an activating group) is 1. The van der Waals surface area contributed by atoms with Gasteiger partial charge in [-0.15, -0.1) is 0 Å². The van der Waals surface area contributed by atoms with Crippen LogP contribution in [0.25, 0.3) is 0 Å². The lowest BCUT2D eigenvalue weighted by Gasteiger charge is -2.33. The minimum atomic E-state index is -1.01. The molecule has 1 aromatic carbocycles. The Kier molecular flexibility index (Phi) is 7.84. The first kappa shape index (κ1) is 20.6. The molecule has 1 aromatic rings. The second-order valence-corrected chi connectivity index (χ2v) is 6.60. The van der Waals surface area contributed by atoms with Gasteiger partial charge < -0.3 is 14.4 Å². The quantitative estimate of drug-likeness (QED) is 0.509. The smallest absolute Gasteiger partial charge is 0.331 e. The molecule has 0 bridgehead atoms. The van der Waals surface area contributed by atoms with Crippen LogP contribution in [0.5, 0.6) is 5.75 Å². The molecule has 0 saturated heterocycles. The van der Waals surface area contributed by atoms with E-state index in [0.717, 1.165) is 0 Å². The monoisotopic (exact) mass is 375 g/mol. The summed E-state index contributed by atoms with van der Waals surface area (Å²) < 4.78 is 10.5. The Morgan fingerprint density at radius 2 is 1.92 bits per heavy atom. The molecule has 0 N–H and O–H groups in total. The van der Waals surface area contributed by atoms with Crippen LogP contribution in [-0.2, 0) is 14.3 Å². The van der Waals surface area contributed by atoms with Gasteiger partial charge in [0.2, 0.25) is 5.91 Å². The fourth-order valence-corrected chi connectivity index (χ4v) is 2.38. The van der Waals surface area contributed by atoms with Crippen LogP contribution in [0.15, 0.2) is 18.2 Å². The van der Waals surface area contributed by atoms with Gasteiger partial charge in [0.15, 0.2) is 0 Å². The average Bonchev–Trinajstić information content (AvgIpc) is 2.52. The molecule has 0 radical (unpaired) electrons. The van der Waals surface area contributed by atoms with Crippen LogP contribution in [0.2, 0.25) is 10.0 Å². The van der Waals surface area contributed by atoms with Gasteiger partial charge >= 0.3 is 5.97 Å². The van der Waals surface area contributed by atoms with Crippen LogP contribution in [0.3, 0.4) is 0 Å². The number of carbonyl (C=O) groups is 2. The summed E-state index contributed by atoms with van der Waals surface area (Å²) in [6.07, 6.45) is 0.756. The molecule has 0 aliphatic rings. The molecule has 7 heteroatoms. The number of rotatable bonds is 8. The van der Waals surface area contributed by atoms with E-state index in [2.05, 4.69) is 0 Å². The van der Waals surface area contributed by atoms with E-state index >= 15 is 0 Å². The zero-order valence-electron chi connectivity index (χ0n) is 14.4. The molecule has 0 aromatic heterocycles. The van der Waals surface area contributed by atoms with Crippen molar-refractivity contribution in [3.05, 3.63) is 28.2 Å². The highest BCUT2D eigenvalue weighted by Gasteiger charge is 2.36. The molecular weight excluding hydrogens is 353 g/mol. The highest BCUT2D eigenvalue weighted by Crippen LogP contribution is 2.27. The average molecular weight is 376 g/mol. The maximum absolute atomic E-state index is 12.2. The van der Waals surface area contributed by atoms with Gasteiger partial charge in [0, 0.05) is 18.5 Å². The molecule has 1 rings (SSSR count). The lowest BCUT2D eigenvalue weighted by atomic mass is 10.0. The minimum absolute atomic E-state index is 0.154. The molecule has 0 spiro atoms. The molecule has 0 saturated carbocycles. The van der Waals surface area contributed by atoms with Gasteiger partial charge in [-0.2, -0.15) is 0 Å². The van der Waals surface area contributed by atoms with Crippen LogP contribution in [0, 0.1) is 0 Å². The first-order chi connectivity index (χ1) is 11.2. The maximum atomic E-state index is 12.2. The van der Waals surface area contributed by atoms with E-state index in [1.54, 1.807) is 46.0 Å². The van der Waals surface area contributed by atoms with Crippen LogP contribution in [0.4, 0.5) is 0 Å². The summed E-state index contributed by atoms with van der Waals surface area (Å²) in [7, 11) is 1.59. The number of hydrogen-bond acceptors (Lipinski definition) is 4. The second-order valence-electron chi connectivity index (χ2n) is 5.76. The Labute approximate surface area is 152 Å². The standard InChI is InChI=1S/C17H23Cl2NO4/c1-5-23-16(22)17(2,3)20(4)15(21)7-6-10-24-14-9-8-12(18)11-13(14)19/h8-9,11H,5-7,10H2,1-4H3. The summed E-state index contributed by atoms with van der Waals surface area (Å²) in [6.45, 7) is 5.66. The van der Waals surface area contributed by atoms with Crippen molar-refractivity contribution in [2.24, 2.45) is 0 Å². The topological polar surface area (TPSA) is 55.8 Å². The van der Waals surface area contributed by atoms with Crippen molar-refractivity contribution < 1.29 is 19.1 Å². The highest BCUT2D eigenvalue weighted by molar-refractivity contribution is 6.35. The van der Waals surface area contributed by atoms with Crippen molar-refractivity contribution in [2.75, 3.05) is 20.3 Å². The summed E-state index contributed by atoms with van der Waals surface area (Å²) in [5.41, 5.74) is -1.01. The van der Waals surface area contributed by atoms with Crippen LogP contribution < -0.4 is 4.74 Å². The van der Waals surface area contributed by atoms with Gasteiger partial charge in [0.25, 0.3) is 0 Å². The lowest BCUT2D eigenvalue weighted by Crippen LogP contribution is -2.51. The van der Waals surface area contributed by atoms with Gasteiger partial charge in [-0.1, -0.05) is 23.2 Å². The Bertz CT molecular complexity index is 590. The van der Waals surface area contributed by atoms with Crippen LogP contribution in [0.1, 0.15) is 33.6 Å². The van der Waals surface area contributed by atoms with Crippen molar-refractivity contribution in [1.82, 2.24) is 4.90 Å². The van der Waals surface area contributed by atoms with Gasteiger partial charge in [-0.05, 0) is 45.4 Å². The molecule has 0 atom stereocenters. The highest BCUT2D eigenvalue weighted by atomic mass is 35.5. The summed E-state index contributed by atoms with van der Waals surface area (Å²) >= 11 is 11.8. The van der Waals surface area contributed by atoms with E-state index in [9.17, 15) is 9.59 Å². The molecule has 5 nitrogen and oxygen atoms in total. The number of amides is 1. The molecule has 0 unspecified atom stereocenters. The van der Waals surface area contributed by atoms with Gasteiger partial charge in [0.1, 0.15) is 11.3 Å². The van der Waals surface area contributed by atoms with Crippen LogP contribution in [-0.4, -0.2) is 42.6 Å². The normalized spacial score (nSPS) is 11.1. The molecule has 0 aliphatic carbocycles. The maximum Gasteiger partial charge on any atom is 0.331 e. The number of halogens is 2.